The van der Waals surface area contributed by atoms with Gasteiger partial charge in [0.05, 0.1) is 17.0 Å². The average molecular weight is 396 g/mol. The largest absolute Gasteiger partial charge is 0.496 e. The van der Waals surface area contributed by atoms with Crippen LogP contribution in [0.1, 0.15) is 5.56 Å². The quantitative estimate of drug-likeness (QED) is 0.575. The zero-order valence-electron chi connectivity index (χ0n) is 12.4. The summed E-state index contributed by atoms with van der Waals surface area (Å²) >= 11 is 18.5. The second-order valence-electron chi connectivity index (χ2n) is 4.94. The molecular formula is C17H11Cl2NO2S2. The maximum Gasteiger partial charge on any atom is 0.263 e. The van der Waals surface area contributed by atoms with Gasteiger partial charge in [-0.2, -0.15) is 0 Å². The molecule has 3 nitrogen and oxygen atoms in total. The van der Waals surface area contributed by atoms with Crippen LogP contribution in [0.4, 0.5) is 0 Å². The fourth-order valence-electron chi connectivity index (χ4n) is 2.31. The maximum atomic E-state index is 11.8. The molecule has 1 N–H and O–H groups in total. The Balaban J connectivity index is 2.08. The maximum absolute atomic E-state index is 11.8. The third-order valence-corrected chi connectivity index (χ3v) is 5.10. The van der Waals surface area contributed by atoms with Crippen LogP contribution in [0.5, 0.6) is 5.75 Å². The molecule has 0 aromatic heterocycles. The fourth-order valence-corrected chi connectivity index (χ4v) is 3.86. The van der Waals surface area contributed by atoms with E-state index in [4.69, 9.17) is 40.2 Å². The highest BCUT2D eigenvalue weighted by atomic mass is 35.5. The Labute approximate surface area is 159 Å². The average Bonchev–Trinajstić information content (AvgIpc) is 2.85. The van der Waals surface area contributed by atoms with Crippen molar-refractivity contribution in [3.63, 3.8) is 0 Å². The summed E-state index contributed by atoms with van der Waals surface area (Å²) in [5.41, 5.74) is 2.47. The first-order chi connectivity index (χ1) is 11.5. The molecule has 0 aliphatic carbocycles. The van der Waals surface area contributed by atoms with E-state index in [0.29, 0.717) is 25.0 Å². The Bertz CT molecular complexity index is 881. The van der Waals surface area contributed by atoms with E-state index in [2.05, 4.69) is 5.32 Å². The summed E-state index contributed by atoms with van der Waals surface area (Å²) in [5, 5.41) is 3.69. The molecule has 24 heavy (non-hydrogen) atoms. The summed E-state index contributed by atoms with van der Waals surface area (Å²) in [6, 6.07) is 10.9. The molecule has 1 heterocycles. The molecule has 1 saturated heterocycles. The Morgan fingerprint density at radius 3 is 2.58 bits per heavy atom. The van der Waals surface area contributed by atoms with Gasteiger partial charge in [0.25, 0.3) is 5.91 Å². The van der Waals surface area contributed by atoms with E-state index in [-0.39, 0.29) is 5.91 Å². The minimum atomic E-state index is -0.188. The van der Waals surface area contributed by atoms with Crippen LogP contribution >= 0.6 is 47.2 Å². The molecule has 2 aromatic rings. The normalized spacial score (nSPS) is 15.7. The van der Waals surface area contributed by atoms with Crippen molar-refractivity contribution in [2.45, 2.75) is 0 Å². The minimum absolute atomic E-state index is 0.188. The molecule has 3 rings (SSSR count). The number of ether oxygens (including phenoxy) is 1. The number of thioether (sulfide) groups is 1. The molecule has 0 bridgehead atoms. The predicted molar refractivity (Wildman–Crippen MR) is 105 cm³/mol. The van der Waals surface area contributed by atoms with Crippen LogP contribution in [0.3, 0.4) is 0 Å². The number of thiocarbonyl (C=S) groups is 1. The molecule has 1 fully saturated rings. The first-order valence-corrected chi connectivity index (χ1v) is 8.84. The summed E-state index contributed by atoms with van der Waals surface area (Å²) in [5.74, 6) is 0.493. The molecule has 1 aliphatic heterocycles. The lowest BCUT2D eigenvalue weighted by atomic mass is 10.0. The van der Waals surface area contributed by atoms with E-state index in [1.807, 2.05) is 24.3 Å². The lowest BCUT2D eigenvalue weighted by Gasteiger charge is -2.11. The van der Waals surface area contributed by atoms with Crippen LogP contribution in [0.2, 0.25) is 10.0 Å². The zero-order chi connectivity index (χ0) is 17.3. The van der Waals surface area contributed by atoms with Gasteiger partial charge in [-0.3, -0.25) is 4.79 Å². The molecule has 0 unspecified atom stereocenters. The van der Waals surface area contributed by atoms with Gasteiger partial charge in [-0.05, 0) is 35.9 Å². The van der Waals surface area contributed by atoms with Gasteiger partial charge in [0.2, 0.25) is 0 Å². The molecule has 0 saturated carbocycles. The topological polar surface area (TPSA) is 38.3 Å². The standard InChI is InChI=1S/C17H11Cl2NO2S2/c1-22-14-5-2-9(7-15-16(21)20-17(23)24-15)6-12(14)11-4-3-10(18)8-13(11)19/h2-8H,1H3,(H,20,21,23)/b15-7-. The summed E-state index contributed by atoms with van der Waals surface area (Å²) in [4.78, 5) is 12.4. The van der Waals surface area contributed by atoms with E-state index >= 15 is 0 Å². The van der Waals surface area contributed by atoms with Gasteiger partial charge in [-0.15, -0.1) is 0 Å². The van der Waals surface area contributed by atoms with Crippen LogP contribution in [0.15, 0.2) is 41.3 Å². The van der Waals surface area contributed by atoms with Crippen molar-refractivity contribution in [1.82, 2.24) is 5.32 Å². The molecule has 0 radical (unpaired) electrons. The number of hydrogen-bond acceptors (Lipinski definition) is 4. The summed E-state index contributed by atoms with van der Waals surface area (Å²) in [7, 11) is 1.60. The smallest absolute Gasteiger partial charge is 0.263 e. The van der Waals surface area contributed by atoms with E-state index in [9.17, 15) is 4.79 Å². The van der Waals surface area contributed by atoms with Crippen molar-refractivity contribution in [3.8, 4) is 16.9 Å². The molecule has 2 aromatic carbocycles. The van der Waals surface area contributed by atoms with E-state index < -0.39 is 0 Å². The number of halogens is 2. The Morgan fingerprint density at radius 1 is 1.17 bits per heavy atom. The van der Waals surface area contributed by atoms with Crippen LogP contribution in [-0.4, -0.2) is 17.3 Å². The van der Waals surface area contributed by atoms with Gasteiger partial charge in [-0.25, -0.2) is 0 Å². The van der Waals surface area contributed by atoms with Gasteiger partial charge < -0.3 is 10.1 Å². The highest BCUT2D eigenvalue weighted by molar-refractivity contribution is 8.26. The second kappa shape index (κ2) is 7.15. The van der Waals surface area contributed by atoms with Crippen LogP contribution in [0, 0.1) is 0 Å². The summed E-state index contributed by atoms with van der Waals surface area (Å²) in [6.45, 7) is 0. The number of carbonyl (C=O) groups excluding carboxylic acids is 1. The SMILES string of the molecule is COc1ccc(/C=C2\SC(=S)NC2=O)cc1-c1ccc(Cl)cc1Cl. The highest BCUT2D eigenvalue weighted by Crippen LogP contribution is 2.37. The lowest BCUT2D eigenvalue weighted by molar-refractivity contribution is -0.115. The van der Waals surface area contributed by atoms with Gasteiger partial charge in [0, 0.05) is 16.1 Å². The first kappa shape index (κ1) is 17.3. The monoisotopic (exact) mass is 395 g/mol. The van der Waals surface area contributed by atoms with Gasteiger partial charge in [-0.1, -0.05) is 59.3 Å². The van der Waals surface area contributed by atoms with Crippen LogP contribution < -0.4 is 10.1 Å². The summed E-state index contributed by atoms with van der Waals surface area (Å²) < 4.78 is 5.89. The van der Waals surface area contributed by atoms with Crippen molar-refractivity contribution in [2.24, 2.45) is 0 Å². The molecule has 0 atom stereocenters. The molecule has 1 amide bonds. The minimum Gasteiger partial charge on any atom is -0.496 e. The molecular weight excluding hydrogens is 385 g/mol. The van der Waals surface area contributed by atoms with Crippen LogP contribution in [-0.2, 0) is 4.79 Å². The van der Waals surface area contributed by atoms with Crippen molar-refractivity contribution in [1.29, 1.82) is 0 Å². The van der Waals surface area contributed by atoms with Crippen molar-refractivity contribution < 1.29 is 9.53 Å². The van der Waals surface area contributed by atoms with Gasteiger partial charge in [0.1, 0.15) is 10.1 Å². The molecule has 1 aliphatic rings. The molecule has 7 heteroatoms. The highest BCUT2D eigenvalue weighted by Gasteiger charge is 2.22. The third-order valence-electron chi connectivity index (χ3n) is 3.38. The predicted octanol–water partition coefficient (Wildman–Crippen LogP) is 5.16. The zero-order valence-corrected chi connectivity index (χ0v) is 15.6. The fraction of sp³-hybridized carbons (Fsp3) is 0.0588. The van der Waals surface area contributed by atoms with Crippen molar-refractivity contribution in [3.05, 3.63) is 56.9 Å². The summed E-state index contributed by atoms with van der Waals surface area (Å²) in [6.07, 6.45) is 1.78. The van der Waals surface area contributed by atoms with E-state index in [1.54, 1.807) is 25.3 Å². The first-order valence-electron chi connectivity index (χ1n) is 6.86. The number of hydrogen-bond donors (Lipinski definition) is 1. The Hall–Kier alpha value is -1.53. The van der Waals surface area contributed by atoms with E-state index in [1.165, 1.54) is 11.8 Å². The number of rotatable bonds is 3. The van der Waals surface area contributed by atoms with Crippen LogP contribution in [0.25, 0.3) is 17.2 Å². The number of carbonyl (C=O) groups is 1. The number of nitrogens with one attached hydrogen (secondary N) is 1. The van der Waals surface area contributed by atoms with Gasteiger partial charge in [0.15, 0.2) is 0 Å². The molecule has 0 spiro atoms. The van der Waals surface area contributed by atoms with Gasteiger partial charge >= 0.3 is 0 Å². The number of amides is 1. The van der Waals surface area contributed by atoms with Crippen molar-refractivity contribution in [2.75, 3.05) is 7.11 Å². The lowest BCUT2D eigenvalue weighted by Crippen LogP contribution is -2.17. The third kappa shape index (κ3) is 3.59. The molecule has 122 valence electrons. The van der Waals surface area contributed by atoms with E-state index in [0.717, 1.165) is 16.7 Å². The Kier molecular flexibility index (Phi) is 5.15. The number of benzene rings is 2. The second-order valence-corrected chi connectivity index (χ2v) is 7.50. The Morgan fingerprint density at radius 2 is 1.96 bits per heavy atom. The number of methoxy groups -OCH3 is 1. The van der Waals surface area contributed by atoms with Crippen molar-refractivity contribution >= 4 is 63.5 Å².